The van der Waals surface area contributed by atoms with E-state index in [9.17, 15) is 9.59 Å². The van der Waals surface area contributed by atoms with Crippen LogP contribution in [-0.2, 0) is 11.2 Å². The topological polar surface area (TPSA) is 85.6 Å². The normalized spacial score (nSPS) is 11.8. The van der Waals surface area contributed by atoms with Gasteiger partial charge in [-0.25, -0.2) is 4.98 Å². The van der Waals surface area contributed by atoms with Crippen LogP contribution < -0.4 is 20.1 Å². The average Bonchev–Trinajstić information content (AvgIpc) is 3.28. The molecule has 0 saturated heterocycles. The van der Waals surface area contributed by atoms with E-state index in [4.69, 9.17) is 16.3 Å². The first-order valence-corrected chi connectivity index (χ1v) is 11.3. The standard InChI is InChI=1S/C21H16BrClN4O3S/c1-2-18-25-21-27(26-18)20(29)17(31-21)10-12-9-13(22)3-8-16(12)30-11-19(28)24-15-6-4-14(23)5-7-15/h3-10H,2,11H2,1H3,(H,24,28)/b17-10-. The summed E-state index contributed by atoms with van der Waals surface area (Å²) in [7, 11) is 0. The number of amides is 1. The summed E-state index contributed by atoms with van der Waals surface area (Å²) in [5.41, 5.74) is 1.04. The van der Waals surface area contributed by atoms with Crippen LogP contribution in [0.1, 0.15) is 18.3 Å². The Bertz CT molecular complexity index is 1370. The molecule has 158 valence electrons. The summed E-state index contributed by atoms with van der Waals surface area (Å²) in [6, 6.07) is 12.2. The lowest BCUT2D eigenvalue weighted by Gasteiger charge is -2.10. The summed E-state index contributed by atoms with van der Waals surface area (Å²) in [5.74, 6) is 0.793. The number of halogens is 2. The molecule has 4 aromatic rings. The third-order valence-corrected chi connectivity index (χ3v) is 5.99. The molecule has 0 unspecified atom stereocenters. The molecule has 2 heterocycles. The molecule has 31 heavy (non-hydrogen) atoms. The molecule has 0 aliphatic carbocycles. The number of hydrogen-bond acceptors (Lipinski definition) is 6. The number of anilines is 1. The molecule has 1 amide bonds. The van der Waals surface area contributed by atoms with Crippen LogP contribution in [0.3, 0.4) is 0 Å². The van der Waals surface area contributed by atoms with E-state index >= 15 is 0 Å². The second-order valence-electron chi connectivity index (χ2n) is 6.52. The van der Waals surface area contributed by atoms with Crippen molar-refractivity contribution in [1.29, 1.82) is 0 Å². The Morgan fingerprint density at radius 1 is 1.29 bits per heavy atom. The van der Waals surface area contributed by atoms with E-state index in [-0.39, 0.29) is 18.1 Å². The number of carbonyl (C=O) groups is 1. The first-order chi connectivity index (χ1) is 14.9. The lowest BCUT2D eigenvalue weighted by molar-refractivity contribution is -0.118. The van der Waals surface area contributed by atoms with Crippen molar-refractivity contribution in [1.82, 2.24) is 14.6 Å². The molecule has 0 atom stereocenters. The van der Waals surface area contributed by atoms with Gasteiger partial charge < -0.3 is 10.1 Å². The Kier molecular flexibility index (Phi) is 6.35. The minimum atomic E-state index is -0.313. The van der Waals surface area contributed by atoms with Crippen molar-refractivity contribution in [2.45, 2.75) is 13.3 Å². The van der Waals surface area contributed by atoms with E-state index in [2.05, 4.69) is 31.3 Å². The monoisotopic (exact) mass is 518 g/mol. The maximum absolute atomic E-state index is 12.7. The molecule has 0 saturated carbocycles. The molecular formula is C21H16BrClN4O3S. The molecule has 4 rings (SSSR count). The SMILES string of the molecule is CCc1nc2s/c(=C\c3cc(Br)ccc3OCC(=O)Nc3ccc(Cl)cc3)c(=O)n2n1. The highest BCUT2D eigenvalue weighted by Gasteiger charge is 2.11. The molecule has 1 N–H and O–H groups in total. The smallest absolute Gasteiger partial charge is 0.291 e. The number of aromatic nitrogens is 3. The maximum atomic E-state index is 12.7. The molecule has 0 aliphatic rings. The Morgan fingerprint density at radius 2 is 2.06 bits per heavy atom. The predicted octanol–water partition coefficient (Wildman–Crippen LogP) is 3.69. The zero-order valence-electron chi connectivity index (χ0n) is 16.3. The van der Waals surface area contributed by atoms with Gasteiger partial charge in [0.15, 0.2) is 12.4 Å². The Labute approximate surface area is 194 Å². The summed E-state index contributed by atoms with van der Waals surface area (Å²) in [5, 5.41) is 7.55. The van der Waals surface area contributed by atoms with Gasteiger partial charge in [-0.3, -0.25) is 9.59 Å². The molecule has 0 spiro atoms. The van der Waals surface area contributed by atoms with Crippen molar-refractivity contribution in [2.24, 2.45) is 0 Å². The second-order valence-corrected chi connectivity index (χ2v) is 8.88. The summed E-state index contributed by atoms with van der Waals surface area (Å²) in [6.07, 6.45) is 2.38. The highest BCUT2D eigenvalue weighted by molar-refractivity contribution is 9.10. The van der Waals surface area contributed by atoms with E-state index in [0.717, 1.165) is 4.47 Å². The first kappa shape index (κ1) is 21.5. The van der Waals surface area contributed by atoms with Gasteiger partial charge in [-0.05, 0) is 48.5 Å². The summed E-state index contributed by atoms with van der Waals surface area (Å²) >= 11 is 10.5. The van der Waals surface area contributed by atoms with Gasteiger partial charge in [0.2, 0.25) is 4.96 Å². The van der Waals surface area contributed by atoms with Crippen LogP contribution in [0.5, 0.6) is 5.75 Å². The molecule has 7 nitrogen and oxygen atoms in total. The van der Waals surface area contributed by atoms with Gasteiger partial charge in [-0.1, -0.05) is 45.8 Å². The van der Waals surface area contributed by atoms with Gasteiger partial charge in [-0.15, -0.1) is 5.10 Å². The number of nitrogens with one attached hydrogen (secondary N) is 1. The lowest BCUT2D eigenvalue weighted by Crippen LogP contribution is -2.24. The number of carbonyl (C=O) groups excluding carboxylic acids is 1. The van der Waals surface area contributed by atoms with Crippen LogP contribution in [0, 0.1) is 0 Å². The minimum Gasteiger partial charge on any atom is -0.483 e. The Balaban J connectivity index is 1.56. The van der Waals surface area contributed by atoms with Crippen molar-refractivity contribution >= 4 is 61.5 Å². The van der Waals surface area contributed by atoms with Crippen LogP contribution in [0.15, 0.2) is 51.7 Å². The van der Waals surface area contributed by atoms with E-state index in [1.807, 2.05) is 13.0 Å². The quantitative estimate of drug-likeness (QED) is 0.420. The largest absolute Gasteiger partial charge is 0.483 e. The Hall–Kier alpha value is -2.75. The fourth-order valence-corrected chi connectivity index (χ4v) is 4.22. The van der Waals surface area contributed by atoms with Gasteiger partial charge in [0.05, 0.1) is 4.53 Å². The number of thiazole rings is 1. The van der Waals surface area contributed by atoms with Gasteiger partial charge in [0, 0.05) is 27.2 Å². The molecule has 2 aromatic carbocycles. The number of fused-ring (bicyclic) bond motifs is 1. The number of benzene rings is 2. The summed E-state index contributed by atoms with van der Waals surface area (Å²) < 4.78 is 8.34. The minimum absolute atomic E-state index is 0.190. The number of ether oxygens (including phenoxy) is 1. The molecule has 0 fully saturated rings. The van der Waals surface area contributed by atoms with Crippen molar-refractivity contribution < 1.29 is 9.53 Å². The lowest BCUT2D eigenvalue weighted by atomic mass is 10.2. The predicted molar refractivity (Wildman–Crippen MR) is 125 cm³/mol. The van der Waals surface area contributed by atoms with Gasteiger partial charge >= 0.3 is 0 Å². The second kappa shape index (κ2) is 9.17. The van der Waals surface area contributed by atoms with E-state index in [1.165, 1.54) is 15.9 Å². The van der Waals surface area contributed by atoms with Crippen molar-refractivity contribution in [2.75, 3.05) is 11.9 Å². The fourth-order valence-electron chi connectivity index (χ4n) is 2.80. The number of nitrogens with zero attached hydrogens (tertiary/aromatic N) is 3. The average molecular weight is 520 g/mol. The fraction of sp³-hybridized carbons (Fsp3) is 0.143. The highest BCUT2D eigenvalue weighted by atomic mass is 79.9. The van der Waals surface area contributed by atoms with Gasteiger partial charge in [0.25, 0.3) is 11.5 Å². The number of rotatable bonds is 6. The summed E-state index contributed by atoms with van der Waals surface area (Å²) in [6.45, 7) is 1.75. The zero-order valence-corrected chi connectivity index (χ0v) is 19.4. The molecule has 0 bridgehead atoms. The van der Waals surface area contributed by atoms with Crippen molar-refractivity contribution in [3.05, 3.63) is 78.2 Å². The van der Waals surface area contributed by atoms with Crippen molar-refractivity contribution in [3.63, 3.8) is 0 Å². The third kappa shape index (κ3) is 4.95. The van der Waals surface area contributed by atoms with Crippen LogP contribution in [0.2, 0.25) is 5.02 Å². The van der Waals surface area contributed by atoms with Crippen LogP contribution in [0.25, 0.3) is 11.0 Å². The third-order valence-electron chi connectivity index (χ3n) is 4.29. The molecule has 10 heteroatoms. The van der Waals surface area contributed by atoms with E-state index in [1.54, 1.807) is 42.5 Å². The molecule has 2 aromatic heterocycles. The molecule has 0 aliphatic heterocycles. The molecule has 0 radical (unpaired) electrons. The van der Waals surface area contributed by atoms with E-state index in [0.29, 0.717) is 43.8 Å². The highest BCUT2D eigenvalue weighted by Crippen LogP contribution is 2.24. The maximum Gasteiger partial charge on any atom is 0.291 e. The number of hydrogen-bond donors (Lipinski definition) is 1. The molecular weight excluding hydrogens is 504 g/mol. The first-order valence-electron chi connectivity index (χ1n) is 9.31. The Morgan fingerprint density at radius 3 is 2.77 bits per heavy atom. The zero-order chi connectivity index (χ0) is 22.0. The van der Waals surface area contributed by atoms with Gasteiger partial charge in [-0.2, -0.15) is 4.52 Å². The van der Waals surface area contributed by atoms with Crippen molar-refractivity contribution in [3.8, 4) is 5.75 Å². The van der Waals surface area contributed by atoms with Gasteiger partial charge in [0.1, 0.15) is 5.75 Å². The van der Waals surface area contributed by atoms with Crippen LogP contribution >= 0.6 is 38.9 Å². The number of aryl methyl sites for hydroxylation is 1. The van der Waals surface area contributed by atoms with Crippen LogP contribution in [0.4, 0.5) is 5.69 Å². The van der Waals surface area contributed by atoms with Crippen LogP contribution in [-0.4, -0.2) is 27.1 Å². The summed E-state index contributed by atoms with van der Waals surface area (Å²) in [4.78, 5) is 29.8. The van der Waals surface area contributed by atoms with E-state index < -0.39 is 0 Å².